The molecular formula is C16H18N2O4S2. The third-order valence-corrected chi connectivity index (χ3v) is 4.58. The second-order valence-corrected chi connectivity index (χ2v) is 6.57. The summed E-state index contributed by atoms with van der Waals surface area (Å²) in [4.78, 5) is 25.8. The lowest BCUT2D eigenvalue weighted by molar-refractivity contribution is -0.126. The van der Waals surface area contributed by atoms with E-state index < -0.39 is 0 Å². The molecule has 0 radical (unpaired) electrons. The van der Waals surface area contributed by atoms with Crippen LogP contribution in [0.1, 0.15) is 5.56 Å². The highest BCUT2D eigenvalue weighted by Gasteiger charge is 2.31. The van der Waals surface area contributed by atoms with E-state index in [9.17, 15) is 9.59 Å². The molecule has 1 heterocycles. The van der Waals surface area contributed by atoms with Crippen LogP contribution in [0.15, 0.2) is 29.2 Å². The van der Waals surface area contributed by atoms with Gasteiger partial charge in [-0.15, -0.1) is 0 Å². The summed E-state index contributed by atoms with van der Waals surface area (Å²) in [6, 6.07) is 7.43. The van der Waals surface area contributed by atoms with Gasteiger partial charge in [0.15, 0.2) is 0 Å². The summed E-state index contributed by atoms with van der Waals surface area (Å²) in [7, 11) is 3.04. The first kappa shape index (κ1) is 18.4. The molecule has 1 fully saturated rings. The number of amides is 2. The van der Waals surface area contributed by atoms with Gasteiger partial charge in [-0.3, -0.25) is 14.5 Å². The Morgan fingerprint density at radius 2 is 2.21 bits per heavy atom. The van der Waals surface area contributed by atoms with Gasteiger partial charge in [-0.05, 0) is 23.8 Å². The van der Waals surface area contributed by atoms with Gasteiger partial charge < -0.3 is 14.8 Å². The number of hydrogen-bond donors (Lipinski definition) is 1. The second kappa shape index (κ2) is 8.81. The van der Waals surface area contributed by atoms with Crippen molar-refractivity contribution >= 4 is 46.2 Å². The van der Waals surface area contributed by atoms with Gasteiger partial charge in [0.2, 0.25) is 5.91 Å². The van der Waals surface area contributed by atoms with Crippen LogP contribution in [0.4, 0.5) is 0 Å². The molecule has 1 aromatic carbocycles. The second-order valence-electron chi connectivity index (χ2n) is 4.89. The van der Waals surface area contributed by atoms with Gasteiger partial charge in [0.25, 0.3) is 5.91 Å². The Balaban J connectivity index is 2.00. The predicted molar refractivity (Wildman–Crippen MR) is 97.8 cm³/mol. The predicted octanol–water partition coefficient (Wildman–Crippen LogP) is 1.66. The Labute approximate surface area is 150 Å². The minimum Gasteiger partial charge on any atom is -0.497 e. The number of nitrogens with zero attached hydrogens (tertiary/aromatic N) is 1. The topological polar surface area (TPSA) is 67.9 Å². The number of thiocarbonyl (C=S) groups is 1. The molecule has 0 bridgehead atoms. The molecule has 24 heavy (non-hydrogen) atoms. The molecule has 6 nitrogen and oxygen atoms in total. The lowest BCUT2D eigenvalue weighted by Crippen LogP contribution is -2.38. The highest BCUT2D eigenvalue weighted by molar-refractivity contribution is 8.26. The fourth-order valence-corrected chi connectivity index (χ4v) is 3.37. The molecule has 1 N–H and O–H groups in total. The van der Waals surface area contributed by atoms with Crippen LogP contribution < -0.4 is 10.1 Å². The Morgan fingerprint density at radius 1 is 1.42 bits per heavy atom. The molecule has 0 saturated carbocycles. The monoisotopic (exact) mass is 366 g/mol. The van der Waals surface area contributed by atoms with E-state index >= 15 is 0 Å². The quantitative estimate of drug-likeness (QED) is 0.585. The van der Waals surface area contributed by atoms with E-state index in [1.54, 1.807) is 13.2 Å². The summed E-state index contributed by atoms with van der Waals surface area (Å²) in [5.41, 5.74) is 0.864. The van der Waals surface area contributed by atoms with E-state index in [-0.39, 0.29) is 18.4 Å². The van der Waals surface area contributed by atoms with Crippen LogP contribution in [-0.4, -0.2) is 55.0 Å². The van der Waals surface area contributed by atoms with Gasteiger partial charge in [0.1, 0.15) is 16.7 Å². The number of benzene rings is 1. The molecule has 128 valence electrons. The zero-order valence-electron chi connectivity index (χ0n) is 13.4. The fraction of sp³-hybridized carbons (Fsp3) is 0.312. The van der Waals surface area contributed by atoms with Gasteiger partial charge in [-0.2, -0.15) is 0 Å². The molecule has 0 aromatic heterocycles. The maximum Gasteiger partial charge on any atom is 0.266 e. The maximum absolute atomic E-state index is 12.5. The smallest absolute Gasteiger partial charge is 0.266 e. The summed E-state index contributed by atoms with van der Waals surface area (Å²) in [6.07, 6.45) is 1.78. The van der Waals surface area contributed by atoms with Gasteiger partial charge >= 0.3 is 0 Å². The number of rotatable bonds is 7. The molecule has 1 aliphatic rings. The van der Waals surface area contributed by atoms with Gasteiger partial charge in [0, 0.05) is 20.2 Å². The van der Waals surface area contributed by atoms with Crippen molar-refractivity contribution in [3.63, 3.8) is 0 Å². The van der Waals surface area contributed by atoms with Crippen LogP contribution in [0, 0.1) is 0 Å². The van der Waals surface area contributed by atoms with Crippen LogP contribution in [0.2, 0.25) is 0 Å². The molecule has 1 saturated heterocycles. The molecule has 1 aliphatic heterocycles. The summed E-state index contributed by atoms with van der Waals surface area (Å²) in [6.45, 7) is 0.644. The summed E-state index contributed by atoms with van der Waals surface area (Å²) in [5, 5.41) is 2.67. The van der Waals surface area contributed by atoms with Gasteiger partial charge in [-0.25, -0.2) is 0 Å². The van der Waals surface area contributed by atoms with Crippen LogP contribution in [-0.2, 0) is 14.3 Å². The normalized spacial score (nSPS) is 15.9. The van der Waals surface area contributed by atoms with Gasteiger partial charge in [0.05, 0.1) is 12.0 Å². The van der Waals surface area contributed by atoms with Crippen molar-refractivity contribution in [2.45, 2.75) is 0 Å². The average Bonchev–Trinajstić information content (AvgIpc) is 2.82. The first-order valence-electron chi connectivity index (χ1n) is 7.20. The Kier molecular flexibility index (Phi) is 6.77. The standard InChI is InChI=1S/C16H18N2O4S2/c1-21-10-14(19)17-6-7-18-15(20)13(24-16(18)23)9-11-4-3-5-12(8-11)22-2/h3-5,8-9H,6-7,10H2,1-2H3,(H,17,19)/b13-9+. The minimum absolute atomic E-state index is 0.00582. The van der Waals surface area contributed by atoms with Crippen LogP contribution >= 0.6 is 24.0 Å². The average molecular weight is 366 g/mol. The zero-order chi connectivity index (χ0) is 17.5. The summed E-state index contributed by atoms with van der Waals surface area (Å²) < 4.78 is 10.4. The van der Waals surface area contributed by atoms with Crippen LogP contribution in [0.25, 0.3) is 6.08 Å². The van der Waals surface area contributed by atoms with Crippen molar-refractivity contribution in [2.75, 3.05) is 33.9 Å². The number of carbonyl (C=O) groups excluding carboxylic acids is 2. The zero-order valence-corrected chi connectivity index (χ0v) is 15.0. The minimum atomic E-state index is -0.227. The largest absolute Gasteiger partial charge is 0.497 e. The van der Waals surface area contributed by atoms with Crippen molar-refractivity contribution in [3.05, 3.63) is 34.7 Å². The maximum atomic E-state index is 12.5. The highest BCUT2D eigenvalue weighted by Crippen LogP contribution is 2.32. The molecule has 0 spiro atoms. The third kappa shape index (κ3) is 4.80. The Hall–Kier alpha value is -1.90. The van der Waals surface area contributed by atoms with Crippen LogP contribution in [0.5, 0.6) is 5.75 Å². The number of nitrogens with one attached hydrogen (secondary N) is 1. The number of methoxy groups -OCH3 is 2. The molecule has 1 aromatic rings. The lowest BCUT2D eigenvalue weighted by atomic mass is 10.2. The molecule has 2 rings (SSSR count). The lowest BCUT2D eigenvalue weighted by Gasteiger charge is -2.14. The molecule has 2 amide bonds. The summed E-state index contributed by atoms with van der Waals surface area (Å²) in [5.74, 6) is 0.337. The molecule has 0 aliphatic carbocycles. The van der Waals surface area contributed by atoms with E-state index in [1.165, 1.54) is 23.8 Å². The Morgan fingerprint density at radius 3 is 2.92 bits per heavy atom. The van der Waals surface area contributed by atoms with Crippen LogP contribution in [0.3, 0.4) is 0 Å². The van der Waals surface area contributed by atoms with Crippen molar-refractivity contribution in [1.29, 1.82) is 0 Å². The van der Waals surface area contributed by atoms with Crippen molar-refractivity contribution in [2.24, 2.45) is 0 Å². The number of thioether (sulfide) groups is 1. The Bertz CT molecular complexity index is 676. The number of ether oxygens (including phenoxy) is 2. The molecule has 0 unspecified atom stereocenters. The number of carbonyl (C=O) groups is 2. The van der Waals surface area contributed by atoms with E-state index in [4.69, 9.17) is 21.7 Å². The van der Waals surface area contributed by atoms with E-state index in [2.05, 4.69) is 5.32 Å². The van der Waals surface area contributed by atoms with Crippen molar-refractivity contribution in [1.82, 2.24) is 10.2 Å². The van der Waals surface area contributed by atoms with E-state index in [1.807, 2.05) is 24.3 Å². The van der Waals surface area contributed by atoms with Crippen molar-refractivity contribution < 1.29 is 19.1 Å². The SMILES string of the molecule is COCC(=O)NCCN1C(=O)/C(=C\c2cccc(OC)c2)SC1=S. The third-order valence-electron chi connectivity index (χ3n) is 3.20. The first-order valence-corrected chi connectivity index (χ1v) is 8.42. The summed E-state index contributed by atoms with van der Waals surface area (Å²) >= 11 is 6.50. The fourth-order valence-electron chi connectivity index (χ4n) is 2.06. The van der Waals surface area contributed by atoms with E-state index in [0.29, 0.717) is 22.3 Å². The van der Waals surface area contributed by atoms with E-state index in [0.717, 1.165) is 11.3 Å². The first-order chi connectivity index (χ1) is 11.5. The molecule has 0 atom stereocenters. The number of hydrogen-bond acceptors (Lipinski definition) is 6. The molecular weight excluding hydrogens is 348 g/mol. The highest BCUT2D eigenvalue weighted by atomic mass is 32.2. The molecule has 8 heteroatoms. The van der Waals surface area contributed by atoms with Crippen molar-refractivity contribution in [3.8, 4) is 5.75 Å². The van der Waals surface area contributed by atoms with Gasteiger partial charge in [-0.1, -0.05) is 36.1 Å².